The molecule has 2 aromatic rings. The van der Waals surface area contributed by atoms with Crippen molar-refractivity contribution >= 4 is 11.5 Å². The minimum Gasteiger partial charge on any atom is -0.497 e. The lowest BCUT2D eigenvalue weighted by Gasteiger charge is -2.20. The van der Waals surface area contributed by atoms with E-state index < -0.39 is 0 Å². The van der Waals surface area contributed by atoms with Crippen LogP contribution < -0.4 is 15.0 Å². The zero-order valence-corrected chi connectivity index (χ0v) is 14.0. The van der Waals surface area contributed by atoms with E-state index in [1.807, 2.05) is 42.4 Å². The molecule has 0 amide bonds. The fraction of sp³-hybridized carbons (Fsp3) is 0.389. The van der Waals surface area contributed by atoms with Crippen molar-refractivity contribution in [1.29, 1.82) is 0 Å². The lowest BCUT2D eigenvalue weighted by atomic mass is 10.0. The molecular weight excluding hydrogens is 290 g/mol. The number of methoxy groups -OCH3 is 1. The SMILES string of the molecule is CCC(Nc1ccc(N(C)CCO)cn1)c1ccc(OC)cc1. The molecule has 0 saturated heterocycles. The van der Waals surface area contributed by atoms with Crippen LogP contribution in [0.5, 0.6) is 5.75 Å². The van der Waals surface area contributed by atoms with Gasteiger partial charge in [-0.25, -0.2) is 4.98 Å². The first-order chi connectivity index (χ1) is 11.2. The molecule has 0 aliphatic heterocycles. The Morgan fingerprint density at radius 1 is 1.22 bits per heavy atom. The highest BCUT2D eigenvalue weighted by atomic mass is 16.5. The van der Waals surface area contributed by atoms with Gasteiger partial charge in [0.25, 0.3) is 0 Å². The highest BCUT2D eigenvalue weighted by molar-refractivity contribution is 5.49. The van der Waals surface area contributed by atoms with Crippen LogP contribution in [0.2, 0.25) is 0 Å². The van der Waals surface area contributed by atoms with Gasteiger partial charge < -0.3 is 20.1 Å². The summed E-state index contributed by atoms with van der Waals surface area (Å²) in [6, 6.07) is 12.3. The summed E-state index contributed by atoms with van der Waals surface area (Å²) < 4.78 is 5.20. The maximum absolute atomic E-state index is 8.98. The average Bonchev–Trinajstić information content (AvgIpc) is 2.60. The van der Waals surface area contributed by atoms with Gasteiger partial charge in [-0.05, 0) is 36.2 Å². The van der Waals surface area contributed by atoms with Crippen LogP contribution in [0.3, 0.4) is 0 Å². The van der Waals surface area contributed by atoms with Gasteiger partial charge in [-0.3, -0.25) is 0 Å². The summed E-state index contributed by atoms with van der Waals surface area (Å²) >= 11 is 0. The third-order valence-corrected chi connectivity index (χ3v) is 3.87. The van der Waals surface area contributed by atoms with Crippen LogP contribution in [-0.4, -0.2) is 37.4 Å². The minimum absolute atomic E-state index is 0.131. The number of likely N-dealkylation sites (N-methyl/N-ethyl adjacent to an activating group) is 1. The summed E-state index contributed by atoms with van der Waals surface area (Å²) in [4.78, 5) is 6.44. The van der Waals surface area contributed by atoms with Crippen molar-refractivity contribution in [1.82, 2.24) is 4.98 Å². The molecule has 5 heteroatoms. The number of pyridine rings is 1. The first kappa shape index (κ1) is 17.1. The van der Waals surface area contributed by atoms with Gasteiger partial charge in [0.15, 0.2) is 0 Å². The van der Waals surface area contributed by atoms with Crippen LogP contribution in [0.25, 0.3) is 0 Å². The molecule has 0 bridgehead atoms. The van der Waals surface area contributed by atoms with E-state index in [0.717, 1.165) is 23.7 Å². The molecule has 2 N–H and O–H groups in total. The number of anilines is 2. The Labute approximate surface area is 137 Å². The molecule has 1 aromatic heterocycles. The number of nitrogens with zero attached hydrogens (tertiary/aromatic N) is 2. The lowest BCUT2D eigenvalue weighted by molar-refractivity contribution is 0.304. The van der Waals surface area contributed by atoms with E-state index in [4.69, 9.17) is 9.84 Å². The zero-order valence-electron chi connectivity index (χ0n) is 14.0. The summed E-state index contributed by atoms with van der Waals surface area (Å²) in [6.07, 6.45) is 2.78. The summed E-state index contributed by atoms with van der Waals surface area (Å²) in [7, 11) is 3.61. The standard InChI is InChI=1S/C18H25N3O2/c1-4-17(14-5-8-16(23-3)9-6-14)20-18-10-7-15(13-19-18)21(2)11-12-22/h5-10,13,17,22H,4,11-12H2,1-3H3,(H,19,20). The van der Waals surface area contributed by atoms with Gasteiger partial charge in [0.2, 0.25) is 0 Å². The Morgan fingerprint density at radius 3 is 2.48 bits per heavy atom. The first-order valence-electron chi connectivity index (χ1n) is 7.86. The predicted octanol–water partition coefficient (Wildman–Crippen LogP) is 3.08. The maximum atomic E-state index is 8.98. The van der Waals surface area contributed by atoms with Gasteiger partial charge in [-0.15, -0.1) is 0 Å². The molecular formula is C18H25N3O2. The van der Waals surface area contributed by atoms with E-state index in [0.29, 0.717) is 6.54 Å². The Hall–Kier alpha value is -2.27. The fourth-order valence-corrected chi connectivity index (χ4v) is 2.41. The average molecular weight is 315 g/mol. The molecule has 1 heterocycles. The van der Waals surface area contributed by atoms with Gasteiger partial charge in [0.05, 0.1) is 31.6 Å². The number of ether oxygens (including phenoxy) is 1. The number of aliphatic hydroxyl groups excluding tert-OH is 1. The first-order valence-corrected chi connectivity index (χ1v) is 7.86. The molecule has 23 heavy (non-hydrogen) atoms. The number of hydrogen-bond donors (Lipinski definition) is 2. The molecule has 0 saturated carbocycles. The second-order valence-corrected chi connectivity index (χ2v) is 5.43. The van der Waals surface area contributed by atoms with E-state index in [1.165, 1.54) is 5.56 Å². The molecule has 0 aliphatic carbocycles. The quantitative estimate of drug-likeness (QED) is 0.784. The minimum atomic E-state index is 0.131. The Balaban J connectivity index is 2.06. The van der Waals surface area contributed by atoms with Gasteiger partial charge in [0, 0.05) is 13.6 Å². The number of rotatable bonds is 8. The van der Waals surface area contributed by atoms with E-state index in [2.05, 4.69) is 29.4 Å². The summed E-state index contributed by atoms with van der Waals surface area (Å²) in [6.45, 7) is 2.87. The summed E-state index contributed by atoms with van der Waals surface area (Å²) in [5.41, 5.74) is 2.19. The Kier molecular flexibility index (Phi) is 6.23. The highest BCUT2D eigenvalue weighted by Gasteiger charge is 2.10. The molecule has 0 radical (unpaired) electrons. The third-order valence-electron chi connectivity index (χ3n) is 3.87. The highest BCUT2D eigenvalue weighted by Crippen LogP contribution is 2.24. The van der Waals surface area contributed by atoms with E-state index in [1.54, 1.807) is 7.11 Å². The van der Waals surface area contributed by atoms with Crippen LogP contribution in [0, 0.1) is 0 Å². The lowest BCUT2D eigenvalue weighted by Crippen LogP contribution is -2.21. The van der Waals surface area contributed by atoms with Gasteiger partial charge >= 0.3 is 0 Å². The van der Waals surface area contributed by atoms with Crippen molar-refractivity contribution in [3.63, 3.8) is 0 Å². The molecule has 5 nitrogen and oxygen atoms in total. The van der Waals surface area contributed by atoms with Crippen molar-refractivity contribution in [2.75, 3.05) is 37.5 Å². The summed E-state index contributed by atoms with van der Waals surface area (Å²) in [5.74, 6) is 1.70. The van der Waals surface area contributed by atoms with Gasteiger partial charge in [-0.2, -0.15) is 0 Å². The number of aliphatic hydroxyl groups is 1. The second-order valence-electron chi connectivity index (χ2n) is 5.43. The van der Waals surface area contributed by atoms with Crippen molar-refractivity contribution in [3.05, 3.63) is 48.2 Å². The molecule has 0 aliphatic rings. The largest absolute Gasteiger partial charge is 0.497 e. The van der Waals surface area contributed by atoms with Crippen LogP contribution >= 0.6 is 0 Å². The Morgan fingerprint density at radius 2 is 1.96 bits per heavy atom. The maximum Gasteiger partial charge on any atom is 0.126 e. The number of hydrogen-bond acceptors (Lipinski definition) is 5. The number of nitrogens with one attached hydrogen (secondary N) is 1. The predicted molar refractivity (Wildman–Crippen MR) is 94.2 cm³/mol. The molecule has 1 unspecified atom stereocenters. The fourth-order valence-electron chi connectivity index (χ4n) is 2.41. The van der Waals surface area contributed by atoms with Crippen molar-refractivity contribution in [2.24, 2.45) is 0 Å². The Bertz CT molecular complexity index is 584. The monoisotopic (exact) mass is 315 g/mol. The summed E-state index contributed by atoms with van der Waals surface area (Å²) in [5, 5.41) is 12.4. The van der Waals surface area contributed by atoms with E-state index >= 15 is 0 Å². The molecule has 124 valence electrons. The van der Waals surface area contributed by atoms with E-state index in [9.17, 15) is 0 Å². The van der Waals surface area contributed by atoms with Gasteiger partial charge in [-0.1, -0.05) is 19.1 Å². The molecule has 2 rings (SSSR count). The third kappa shape index (κ3) is 4.60. The zero-order chi connectivity index (χ0) is 16.7. The molecule has 0 spiro atoms. The smallest absolute Gasteiger partial charge is 0.126 e. The van der Waals surface area contributed by atoms with Crippen LogP contribution in [0.15, 0.2) is 42.6 Å². The van der Waals surface area contributed by atoms with Crippen molar-refractivity contribution in [3.8, 4) is 5.75 Å². The van der Waals surface area contributed by atoms with Crippen molar-refractivity contribution < 1.29 is 9.84 Å². The van der Waals surface area contributed by atoms with E-state index in [-0.39, 0.29) is 12.6 Å². The van der Waals surface area contributed by atoms with Gasteiger partial charge in [0.1, 0.15) is 11.6 Å². The molecule has 1 atom stereocenters. The molecule has 1 aromatic carbocycles. The van der Waals surface area contributed by atoms with Crippen molar-refractivity contribution in [2.45, 2.75) is 19.4 Å². The normalized spacial score (nSPS) is 11.8. The van der Waals surface area contributed by atoms with Crippen LogP contribution in [-0.2, 0) is 0 Å². The molecule has 0 fully saturated rings. The second kappa shape index (κ2) is 8.39. The number of benzene rings is 1. The number of aromatic nitrogens is 1. The van der Waals surface area contributed by atoms with Crippen LogP contribution in [0.4, 0.5) is 11.5 Å². The topological polar surface area (TPSA) is 57.6 Å². The van der Waals surface area contributed by atoms with Crippen LogP contribution in [0.1, 0.15) is 24.9 Å².